The van der Waals surface area contributed by atoms with Crippen molar-refractivity contribution in [3.63, 3.8) is 0 Å². The lowest BCUT2D eigenvalue weighted by Crippen LogP contribution is -2.02. The van der Waals surface area contributed by atoms with Gasteiger partial charge in [-0.1, -0.05) is 31.2 Å². The Morgan fingerprint density at radius 1 is 1.15 bits per heavy atom. The van der Waals surface area contributed by atoms with Crippen molar-refractivity contribution >= 4 is 22.6 Å². The molecule has 2 aromatic carbocycles. The highest BCUT2D eigenvalue weighted by atomic mass is 35.5. The van der Waals surface area contributed by atoms with E-state index in [2.05, 4.69) is 65.9 Å². The van der Waals surface area contributed by atoms with Gasteiger partial charge in [-0.25, -0.2) is 4.98 Å². The lowest BCUT2D eigenvalue weighted by Gasteiger charge is -2.12. The maximum atomic E-state index is 6.11. The van der Waals surface area contributed by atoms with Crippen molar-refractivity contribution in [2.45, 2.75) is 26.1 Å². The molecule has 0 radical (unpaired) electrons. The summed E-state index contributed by atoms with van der Waals surface area (Å²) in [7, 11) is 0. The van der Waals surface area contributed by atoms with Crippen LogP contribution in [0.3, 0.4) is 0 Å². The molecule has 20 heavy (non-hydrogen) atoms. The molecular formula is C17H17ClN2. The van der Waals surface area contributed by atoms with Crippen LogP contribution >= 0.6 is 11.6 Å². The first-order chi connectivity index (χ1) is 9.74. The third kappa shape index (κ3) is 2.10. The van der Waals surface area contributed by atoms with E-state index in [1.165, 1.54) is 16.8 Å². The van der Waals surface area contributed by atoms with Crippen LogP contribution in [0.1, 0.15) is 23.9 Å². The van der Waals surface area contributed by atoms with Gasteiger partial charge in [0, 0.05) is 0 Å². The number of alkyl halides is 1. The summed E-state index contributed by atoms with van der Waals surface area (Å²) in [5, 5.41) is 0. The molecule has 0 atom stereocenters. The molecule has 0 aliphatic heterocycles. The zero-order valence-electron chi connectivity index (χ0n) is 11.7. The molecule has 0 aliphatic carbocycles. The quantitative estimate of drug-likeness (QED) is 0.641. The fraction of sp³-hybridized carbons (Fsp3) is 0.235. The average molecular weight is 285 g/mol. The topological polar surface area (TPSA) is 17.8 Å². The molecule has 3 rings (SSSR count). The summed E-state index contributed by atoms with van der Waals surface area (Å²) in [6.07, 6.45) is 0.990. The molecule has 0 spiro atoms. The maximum absolute atomic E-state index is 6.11. The number of rotatable bonds is 3. The zero-order valence-corrected chi connectivity index (χ0v) is 12.5. The van der Waals surface area contributed by atoms with Gasteiger partial charge in [-0.05, 0) is 42.7 Å². The van der Waals surface area contributed by atoms with Gasteiger partial charge >= 0.3 is 0 Å². The summed E-state index contributed by atoms with van der Waals surface area (Å²) in [5.74, 6) is 1.30. The van der Waals surface area contributed by atoms with Gasteiger partial charge < -0.3 is 0 Å². The monoisotopic (exact) mass is 284 g/mol. The van der Waals surface area contributed by atoms with Crippen LogP contribution in [-0.4, -0.2) is 9.55 Å². The second kappa shape index (κ2) is 5.29. The minimum atomic E-state index is 0.409. The Morgan fingerprint density at radius 3 is 2.70 bits per heavy atom. The number of halogens is 1. The van der Waals surface area contributed by atoms with Crippen molar-refractivity contribution in [1.29, 1.82) is 0 Å². The van der Waals surface area contributed by atoms with Crippen molar-refractivity contribution in [1.82, 2.24) is 9.55 Å². The molecule has 1 aromatic heterocycles. The number of para-hydroxylation sites is 1. The first-order valence-electron chi connectivity index (χ1n) is 6.86. The summed E-state index contributed by atoms with van der Waals surface area (Å²) in [4.78, 5) is 4.67. The average Bonchev–Trinajstić information content (AvgIpc) is 2.84. The van der Waals surface area contributed by atoms with Crippen LogP contribution < -0.4 is 0 Å². The summed E-state index contributed by atoms with van der Waals surface area (Å²) in [5.41, 5.74) is 5.82. The Morgan fingerprint density at radius 2 is 1.95 bits per heavy atom. The number of benzene rings is 2. The first-order valence-corrected chi connectivity index (χ1v) is 7.40. The van der Waals surface area contributed by atoms with Crippen molar-refractivity contribution in [2.24, 2.45) is 0 Å². The minimum absolute atomic E-state index is 0.409. The van der Waals surface area contributed by atoms with Crippen molar-refractivity contribution in [3.05, 3.63) is 59.4 Å². The summed E-state index contributed by atoms with van der Waals surface area (Å²) in [6.45, 7) is 4.25. The predicted molar refractivity (Wildman–Crippen MR) is 84.7 cm³/mol. The van der Waals surface area contributed by atoms with Crippen LogP contribution in [0.15, 0.2) is 42.5 Å². The normalized spacial score (nSPS) is 11.2. The molecule has 0 amide bonds. The molecule has 0 unspecified atom stereocenters. The van der Waals surface area contributed by atoms with Gasteiger partial charge in [-0.3, -0.25) is 4.57 Å². The van der Waals surface area contributed by atoms with Crippen molar-refractivity contribution < 1.29 is 0 Å². The standard InChI is InChI=1S/C17H17ClN2/c1-3-13-6-4-5-7-15(13)20-16-9-8-12(2)10-14(16)19-17(20)11-18/h4-10H,3,11H2,1-2H3. The number of aryl methyl sites for hydroxylation is 2. The molecule has 1 heterocycles. The van der Waals surface area contributed by atoms with Crippen LogP contribution in [0.4, 0.5) is 0 Å². The highest BCUT2D eigenvalue weighted by molar-refractivity contribution is 6.17. The third-order valence-electron chi connectivity index (χ3n) is 3.61. The Bertz CT molecular complexity index is 759. The Hall–Kier alpha value is -1.80. The number of hydrogen-bond acceptors (Lipinski definition) is 1. The molecule has 3 heteroatoms. The highest BCUT2D eigenvalue weighted by Crippen LogP contribution is 2.26. The molecule has 102 valence electrons. The second-order valence-electron chi connectivity index (χ2n) is 4.97. The molecule has 0 aliphatic rings. The van der Waals surface area contributed by atoms with Gasteiger partial charge in [0.05, 0.1) is 22.6 Å². The maximum Gasteiger partial charge on any atom is 0.129 e. The van der Waals surface area contributed by atoms with Crippen LogP contribution in [0.5, 0.6) is 0 Å². The Balaban J connectivity index is 2.34. The van der Waals surface area contributed by atoms with Crippen LogP contribution in [0, 0.1) is 6.92 Å². The summed E-state index contributed by atoms with van der Waals surface area (Å²) in [6, 6.07) is 14.8. The van der Waals surface area contributed by atoms with E-state index < -0.39 is 0 Å². The predicted octanol–water partition coefficient (Wildman–Crippen LogP) is 4.64. The van der Waals surface area contributed by atoms with Gasteiger partial charge in [0.15, 0.2) is 0 Å². The number of fused-ring (bicyclic) bond motifs is 1. The largest absolute Gasteiger partial charge is 0.295 e. The van der Waals surface area contributed by atoms with Gasteiger partial charge in [0.25, 0.3) is 0 Å². The number of nitrogens with zero attached hydrogens (tertiary/aromatic N) is 2. The van der Waals surface area contributed by atoms with E-state index in [9.17, 15) is 0 Å². The Kier molecular flexibility index (Phi) is 3.49. The minimum Gasteiger partial charge on any atom is -0.295 e. The van der Waals surface area contributed by atoms with E-state index in [4.69, 9.17) is 11.6 Å². The lowest BCUT2D eigenvalue weighted by molar-refractivity contribution is 0.955. The number of imidazole rings is 1. The van der Waals surface area contributed by atoms with E-state index in [0.29, 0.717) is 5.88 Å². The van der Waals surface area contributed by atoms with Gasteiger partial charge in [-0.15, -0.1) is 11.6 Å². The van der Waals surface area contributed by atoms with Crippen molar-refractivity contribution in [2.75, 3.05) is 0 Å². The molecule has 3 aromatic rings. The van der Waals surface area contributed by atoms with Crippen LogP contribution in [0.2, 0.25) is 0 Å². The number of hydrogen-bond donors (Lipinski definition) is 0. The molecule has 0 N–H and O–H groups in total. The van der Waals surface area contributed by atoms with Crippen LogP contribution in [0.25, 0.3) is 16.7 Å². The van der Waals surface area contributed by atoms with Crippen LogP contribution in [-0.2, 0) is 12.3 Å². The smallest absolute Gasteiger partial charge is 0.129 e. The third-order valence-corrected chi connectivity index (χ3v) is 3.85. The number of aromatic nitrogens is 2. The summed E-state index contributed by atoms with van der Waals surface area (Å²) < 4.78 is 2.18. The SMILES string of the molecule is CCc1ccccc1-n1c(CCl)nc2cc(C)ccc21. The van der Waals surface area contributed by atoms with Gasteiger partial charge in [0.2, 0.25) is 0 Å². The molecule has 0 fully saturated rings. The molecule has 0 saturated heterocycles. The van der Waals surface area contributed by atoms with E-state index >= 15 is 0 Å². The molecule has 0 saturated carbocycles. The molecular weight excluding hydrogens is 268 g/mol. The molecule has 0 bridgehead atoms. The van der Waals surface area contributed by atoms with E-state index in [0.717, 1.165) is 23.3 Å². The van der Waals surface area contributed by atoms with E-state index in [1.807, 2.05) is 0 Å². The molecule has 2 nitrogen and oxygen atoms in total. The fourth-order valence-electron chi connectivity index (χ4n) is 2.63. The van der Waals surface area contributed by atoms with Gasteiger partial charge in [0.1, 0.15) is 5.82 Å². The fourth-order valence-corrected chi connectivity index (χ4v) is 2.81. The highest BCUT2D eigenvalue weighted by Gasteiger charge is 2.13. The lowest BCUT2D eigenvalue weighted by atomic mass is 10.1. The second-order valence-corrected chi connectivity index (χ2v) is 5.24. The Labute approximate surface area is 124 Å². The summed E-state index contributed by atoms with van der Waals surface area (Å²) >= 11 is 6.11. The van der Waals surface area contributed by atoms with E-state index in [-0.39, 0.29) is 0 Å². The zero-order chi connectivity index (χ0) is 14.1. The first kappa shape index (κ1) is 13.2. The van der Waals surface area contributed by atoms with Crippen molar-refractivity contribution in [3.8, 4) is 5.69 Å². The van der Waals surface area contributed by atoms with E-state index in [1.54, 1.807) is 0 Å². The van der Waals surface area contributed by atoms with Gasteiger partial charge in [-0.2, -0.15) is 0 Å².